The lowest BCUT2D eigenvalue weighted by Gasteiger charge is -2.13. The van der Waals surface area contributed by atoms with E-state index in [0.29, 0.717) is 28.2 Å². The molecule has 0 bridgehead atoms. The smallest absolute Gasteiger partial charge is 0.268 e. The summed E-state index contributed by atoms with van der Waals surface area (Å²) in [5.74, 6) is -1.17. The molecule has 0 saturated carbocycles. The zero-order chi connectivity index (χ0) is 21.8. The third-order valence-corrected chi connectivity index (χ3v) is 4.82. The Morgan fingerprint density at radius 2 is 1.81 bits per heavy atom. The maximum absolute atomic E-state index is 13.4. The van der Waals surface area contributed by atoms with Gasteiger partial charge in [-0.15, -0.1) is 0 Å². The Bertz CT molecular complexity index is 1180. The number of halogens is 1. The van der Waals surface area contributed by atoms with E-state index in [4.69, 9.17) is 4.84 Å². The average Bonchev–Trinajstić information content (AvgIpc) is 3.25. The van der Waals surface area contributed by atoms with Gasteiger partial charge >= 0.3 is 0 Å². The van der Waals surface area contributed by atoms with Gasteiger partial charge in [-0.2, -0.15) is 0 Å². The van der Waals surface area contributed by atoms with Gasteiger partial charge in [-0.25, -0.2) is 4.39 Å². The molecule has 0 radical (unpaired) electrons. The van der Waals surface area contributed by atoms with E-state index in [9.17, 15) is 14.0 Å². The predicted molar refractivity (Wildman–Crippen MR) is 117 cm³/mol. The van der Waals surface area contributed by atoms with E-state index in [2.05, 4.69) is 15.8 Å². The van der Waals surface area contributed by atoms with Crippen LogP contribution in [-0.4, -0.2) is 23.6 Å². The molecule has 1 heterocycles. The molecule has 0 aliphatic carbocycles. The Morgan fingerprint density at radius 3 is 2.61 bits per heavy atom. The molecule has 6 nitrogen and oxygen atoms in total. The van der Waals surface area contributed by atoms with Crippen molar-refractivity contribution in [3.63, 3.8) is 0 Å². The van der Waals surface area contributed by atoms with Gasteiger partial charge in [0.1, 0.15) is 5.82 Å². The van der Waals surface area contributed by atoms with Gasteiger partial charge in [0.05, 0.1) is 17.0 Å². The first-order valence-corrected chi connectivity index (χ1v) is 9.76. The molecule has 1 unspecified atom stereocenters. The minimum Gasteiger partial charge on any atom is -0.382 e. The molecular weight excluding hydrogens is 397 g/mol. The molecule has 4 rings (SSSR count). The number of amides is 2. The SMILES string of the molecule is Cc1cccc(NC(=O)c2ccccc2NC(=O)C2CC(c3cccc(F)c3)=NO2)c1. The Kier molecular flexibility index (Phi) is 5.75. The molecule has 0 aromatic heterocycles. The van der Waals surface area contributed by atoms with Crippen LogP contribution < -0.4 is 10.6 Å². The molecule has 3 aromatic carbocycles. The number of benzene rings is 3. The van der Waals surface area contributed by atoms with Crippen LogP contribution in [0.2, 0.25) is 0 Å². The number of nitrogens with one attached hydrogen (secondary N) is 2. The van der Waals surface area contributed by atoms with Crippen LogP contribution in [0.3, 0.4) is 0 Å². The van der Waals surface area contributed by atoms with Gasteiger partial charge in [0.2, 0.25) is 6.10 Å². The summed E-state index contributed by atoms with van der Waals surface area (Å²) in [7, 11) is 0. The number of carbonyl (C=O) groups is 2. The quantitative estimate of drug-likeness (QED) is 0.641. The summed E-state index contributed by atoms with van der Waals surface area (Å²) in [6.07, 6.45) is -0.668. The predicted octanol–water partition coefficient (Wildman–Crippen LogP) is 4.52. The third-order valence-electron chi connectivity index (χ3n) is 4.82. The normalized spacial score (nSPS) is 15.0. The largest absolute Gasteiger partial charge is 0.382 e. The van der Waals surface area contributed by atoms with Gasteiger partial charge in [-0.1, -0.05) is 41.6 Å². The Balaban J connectivity index is 1.44. The van der Waals surface area contributed by atoms with Crippen LogP contribution in [0.25, 0.3) is 0 Å². The molecule has 1 aliphatic rings. The standard InChI is InChI=1S/C24H20FN3O3/c1-15-6-4-9-18(12-15)26-23(29)19-10-2-3-11-20(19)27-24(30)22-14-21(28-31-22)16-7-5-8-17(25)13-16/h2-13,22H,14H2,1H3,(H,26,29)(H,27,30). The number of oxime groups is 1. The van der Waals surface area contributed by atoms with Crippen molar-refractivity contribution < 1.29 is 18.8 Å². The molecule has 0 saturated heterocycles. The van der Waals surface area contributed by atoms with Crippen molar-refractivity contribution in [2.45, 2.75) is 19.4 Å². The van der Waals surface area contributed by atoms with Crippen molar-refractivity contribution in [2.24, 2.45) is 5.16 Å². The first kappa shape index (κ1) is 20.3. The molecular formula is C24H20FN3O3. The summed E-state index contributed by atoms with van der Waals surface area (Å²) in [5, 5.41) is 9.50. The van der Waals surface area contributed by atoms with Crippen LogP contribution in [0, 0.1) is 12.7 Å². The van der Waals surface area contributed by atoms with Crippen molar-refractivity contribution in [2.75, 3.05) is 10.6 Å². The summed E-state index contributed by atoms with van der Waals surface area (Å²) in [6, 6.07) is 20.1. The monoisotopic (exact) mass is 417 g/mol. The third kappa shape index (κ3) is 4.78. The number of anilines is 2. The maximum atomic E-state index is 13.4. The topological polar surface area (TPSA) is 79.8 Å². The Hall–Kier alpha value is -4.00. The van der Waals surface area contributed by atoms with Gasteiger partial charge < -0.3 is 15.5 Å². The van der Waals surface area contributed by atoms with Gasteiger partial charge in [-0.05, 0) is 48.9 Å². The number of nitrogens with zero attached hydrogens (tertiary/aromatic N) is 1. The molecule has 156 valence electrons. The van der Waals surface area contributed by atoms with Gasteiger partial charge in [-0.3, -0.25) is 9.59 Å². The van der Waals surface area contributed by atoms with Crippen LogP contribution in [-0.2, 0) is 9.63 Å². The van der Waals surface area contributed by atoms with Gasteiger partial charge in [0.25, 0.3) is 11.8 Å². The highest BCUT2D eigenvalue weighted by Gasteiger charge is 2.29. The molecule has 0 spiro atoms. The summed E-state index contributed by atoms with van der Waals surface area (Å²) in [6.45, 7) is 1.94. The summed E-state index contributed by atoms with van der Waals surface area (Å²) in [4.78, 5) is 30.7. The number of hydrogen-bond acceptors (Lipinski definition) is 4. The highest BCUT2D eigenvalue weighted by atomic mass is 19.1. The van der Waals surface area contributed by atoms with E-state index in [1.807, 2.05) is 25.1 Å². The summed E-state index contributed by atoms with van der Waals surface area (Å²) in [5.41, 5.74) is 3.42. The number of para-hydroxylation sites is 1. The first-order chi connectivity index (χ1) is 15.0. The summed E-state index contributed by atoms with van der Waals surface area (Å²) >= 11 is 0. The second-order valence-corrected chi connectivity index (χ2v) is 7.20. The lowest BCUT2D eigenvalue weighted by Crippen LogP contribution is -2.29. The van der Waals surface area contributed by atoms with E-state index in [1.165, 1.54) is 12.1 Å². The second-order valence-electron chi connectivity index (χ2n) is 7.20. The average molecular weight is 417 g/mol. The van der Waals surface area contributed by atoms with Crippen LogP contribution >= 0.6 is 0 Å². The molecule has 7 heteroatoms. The van der Waals surface area contributed by atoms with Crippen molar-refractivity contribution in [1.82, 2.24) is 0 Å². The van der Waals surface area contributed by atoms with Crippen LogP contribution in [0.5, 0.6) is 0 Å². The van der Waals surface area contributed by atoms with E-state index >= 15 is 0 Å². The highest BCUT2D eigenvalue weighted by Crippen LogP contribution is 2.22. The van der Waals surface area contributed by atoms with Crippen molar-refractivity contribution in [3.8, 4) is 0 Å². The maximum Gasteiger partial charge on any atom is 0.268 e. The first-order valence-electron chi connectivity index (χ1n) is 9.76. The van der Waals surface area contributed by atoms with E-state index < -0.39 is 12.0 Å². The van der Waals surface area contributed by atoms with Crippen molar-refractivity contribution in [3.05, 3.63) is 95.3 Å². The number of aryl methyl sites for hydroxylation is 1. The van der Waals surface area contributed by atoms with E-state index in [1.54, 1.807) is 42.5 Å². The van der Waals surface area contributed by atoms with Crippen LogP contribution in [0.1, 0.15) is 27.9 Å². The van der Waals surface area contributed by atoms with Gasteiger partial charge in [0, 0.05) is 17.7 Å². The molecule has 1 atom stereocenters. The molecule has 2 N–H and O–H groups in total. The molecule has 31 heavy (non-hydrogen) atoms. The molecule has 3 aromatic rings. The van der Waals surface area contributed by atoms with Crippen LogP contribution in [0.15, 0.2) is 78.0 Å². The molecule has 0 fully saturated rings. The summed E-state index contributed by atoms with van der Waals surface area (Å²) < 4.78 is 13.4. The van der Waals surface area contributed by atoms with Crippen molar-refractivity contribution >= 4 is 28.9 Å². The highest BCUT2D eigenvalue weighted by molar-refractivity contribution is 6.11. The molecule has 1 aliphatic heterocycles. The fourth-order valence-corrected chi connectivity index (χ4v) is 3.28. The zero-order valence-corrected chi connectivity index (χ0v) is 16.8. The van der Waals surface area contributed by atoms with E-state index in [-0.39, 0.29) is 18.1 Å². The van der Waals surface area contributed by atoms with Crippen molar-refractivity contribution in [1.29, 1.82) is 0 Å². The fourth-order valence-electron chi connectivity index (χ4n) is 3.28. The van der Waals surface area contributed by atoms with E-state index in [0.717, 1.165) is 5.56 Å². The minimum absolute atomic E-state index is 0.201. The number of hydrogen-bond donors (Lipinski definition) is 2. The Labute approximate surface area is 178 Å². The number of rotatable bonds is 5. The lowest BCUT2D eigenvalue weighted by atomic mass is 10.0. The zero-order valence-electron chi connectivity index (χ0n) is 16.8. The minimum atomic E-state index is -0.869. The van der Waals surface area contributed by atoms with Gasteiger partial charge in [0.15, 0.2) is 0 Å². The second kappa shape index (κ2) is 8.79. The van der Waals surface area contributed by atoms with Crippen LogP contribution in [0.4, 0.5) is 15.8 Å². The fraction of sp³-hybridized carbons (Fsp3) is 0.125. The molecule has 2 amide bonds. The Morgan fingerprint density at radius 1 is 1.00 bits per heavy atom. The lowest BCUT2D eigenvalue weighted by molar-refractivity contribution is -0.125. The number of carbonyl (C=O) groups excluding carboxylic acids is 2.